The van der Waals surface area contributed by atoms with Gasteiger partial charge in [0.1, 0.15) is 0 Å². The molecule has 0 heterocycles. The molecule has 1 atom stereocenters. The van der Waals surface area contributed by atoms with Crippen molar-refractivity contribution in [1.82, 2.24) is 0 Å². The summed E-state index contributed by atoms with van der Waals surface area (Å²) >= 11 is 0. The number of carboxylic acids is 2. The Morgan fingerprint density at radius 3 is 2.06 bits per heavy atom. The second-order valence-electron chi connectivity index (χ2n) is 2.56. The Kier molecular flexibility index (Phi) is 17.1. The van der Waals surface area contributed by atoms with Gasteiger partial charge < -0.3 is 30.3 Å². The van der Waals surface area contributed by atoms with E-state index in [9.17, 15) is 24.6 Å². The molecule has 7 nitrogen and oxygen atoms in total. The van der Waals surface area contributed by atoms with Crippen LogP contribution >= 0.6 is 0 Å². The molecule has 0 aromatic heterocycles. The minimum Gasteiger partial charge on any atom is -0.550 e. The standard InChI is InChI=1S/C5H9NO4.C4H6O2.Ca/c6-3(5(9)10)1-2-4(7)8;1-3-4(5)6-2;/h3H,1-2,6H2,(H,7,8)(H,9,10);3H,1H2,2H3;/q;;+2/p-2. The van der Waals surface area contributed by atoms with E-state index in [4.69, 9.17) is 5.73 Å². The monoisotopic (exact) mass is 271 g/mol. The number of hydrogen-bond acceptors (Lipinski definition) is 7. The van der Waals surface area contributed by atoms with Crippen molar-refractivity contribution in [2.24, 2.45) is 5.73 Å². The molecule has 0 aliphatic heterocycles. The van der Waals surface area contributed by atoms with Crippen LogP contribution in [0.4, 0.5) is 0 Å². The van der Waals surface area contributed by atoms with Gasteiger partial charge in [-0.3, -0.25) is 0 Å². The van der Waals surface area contributed by atoms with Gasteiger partial charge >= 0.3 is 43.7 Å². The fourth-order valence-corrected chi connectivity index (χ4v) is 0.475. The molecule has 0 amide bonds. The molecule has 0 aromatic carbocycles. The van der Waals surface area contributed by atoms with E-state index in [-0.39, 0.29) is 50.6 Å². The van der Waals surface area contributed by atoms with Crippen LogP contribution in [0.15, 0.2) is 12.7 Å². The van der Waals surface area contributed by atoms with E-state index in [1.54, 1.807) is 0 Å². The number of methoxy groups -OCH3 is 1. The summed E-state index contributed by atoms with van der Waals surface area (Å²) < 4.78 is 4.14. The van der Waals surface area contributed by atoms with E-state index in [1.165, 1.54) is 7.11 Å². The molecule has 17 heavy (non-hydrogen) atoms. The fourth-order valence-electron chi connectivity index (χ4n) is 0.475. The van der Waals surface area contributed by atoms with Gasteiger partial charge in [0.05, 0.1) is 13.1 Å². The number of ether oxygens (including phenoxy) is 1. The zero-order chi connectivity index (χ0) is 13.1. The van der Waals surface area contributed by atoms with Crippen LogP contribution in [0.1, 0.15) is 12.8 Å². The zero-order valence-corrected chi connectivity index (χ0v) is 11.7. The molecule has 0 radical (unpaired) electrons. The maximum Gasteiger partial charge on any atom is 2.00 e. The first-order valence-electron chi connectivity index (χ1n) is 4.21. The van der Waals surface area contributed by atoms with Gasteiger partial charge in [-0.05, 0) is 12.8 Å². The summed E-state index contributed by atoms with van der Waals surface area (Å²) in [4.78, 5) is 29.4. The predicted octanol–water partition coefficient (Wildman–Crippen LogP) is -3.44. The average Bonchev–Trinajstić information content (AvgIpc) is 2.25. The van der Waals surface area contributed by atoms with Crippen LogP contribution in [-0.4, -0.2) is 68.8 Å². The van der Waals surface area contributed by atoms with Crippen molar-refractivity contribution in [2.75, 3.05) is 7.11 Å². The number of carboxylic acid groups (broad SMARTS) is 2. The van der Waals surface area contributed by atoms with E-state index >= 15 is 0 Å². The van der Waals surface area contributed by atoms with Gasteiger partial charge in [0.25, 0.3) is 0 Å². The first-order chi connectivity index (χ1) is 7.34. The smallest absolute Gasteiger partial charge is 0.550 e. The number of carbonyl (C=O) groups excluding carboxylic acids is 3. The van der Waals surface area contributed by atoms with Gasteiger partial charge in [-0.25, -0.2) is 4.79 Å². The molecule has 8 heteroatoms. The van der Waals surface area contributed by atoms with Crippen molar-refractivity contribution in [3.05, 3.63) is 12.7 Å². The molecule has 0 aliphatic rings. The Balaban J connectivity index is -0.000000244. The van der Waals surface area contributed by atoms with E-state index in [1.807, 2.05) is 0 Å². The molecule has 0 saturated carbocycles. The molecule has 0 saturated heterocycles. The maximum atomic E-state index is 9.86. The van der Waals surface area contributed by atoms with Crippen molar-refractivity contribution in [2.45, 2.75) is 18.9 Å². The van der Waals surface area contributed by atoms with Crippen LogP contribution in [0.5, 0.6) is 0 Å². The molecule has 2 N–H and O–H groups in total. The van der Waals surface area contributed by atoms with Gasteiger partial charge in [0, 0.05) is 18.1 Å². The fraction of sp³-hybridized carbons (Fsp3) is 0.444. The summed E-state index contributed by atoms with van der Waals surface area (Å²) in [5.74, 6) is -3.15. The third-order valence-electron chi connectivity index (χ3n) is 1.33. The zero-order valence-electron chi connectivity index (χ0n) is 9.51. The molecular formula is C9H13CaNO6. The molecule has 0 aliphatic carbocycles. The number of nitrogens with two attached hydrogens (primary N) is 1. The summed E-state index contributed by atoms with van der Waals surface area (Å²) in [7, 11) is 1.31. The molecule has 0 fully saturated rings. The van der Waals surface area contributed by atoms with Crippen molar-refractivity contribution >= 4 is 55.6 Å². The van der Waals surface area contributed by atoms with Crippen molar-refractivity contribution < 1.29 is 29.3 Å². The van der Waals surface area contributed by atoms with Crippen LogP contribution in [0.3, 0.4) is 0 Å². The van der Waals surface area contributed by atoms with Gasteiger partial charge in [0.2, 0.25) is 0 Å². The summed E-state index contributed by atoms with van der Waals surface area (Å²) in [5.41, 5.74) is 4.91. The van der Waals surface area contributed by atoms with Gasteiger partial charge in [0.15, 0.2) is 0 Å². The molecule has 0 spiro atoms. The van der Waals surface area contributed by atoms with Crippen LogP contribution in [0.2, 0.25) is 0 Å². The molecule has 1 unspecified atom stereocenters. The van der Waals surface area contributed by atoms with E-state index in [0.29, 0.717) is 0 Å². The third kappa shape index (κ3) is 18.0. The van der Waals surface area contributed by atoms with Crippen molar-refractivity contribution in [3.63, 3.8) is 0 Å². The van der Waals surface area contributed by atoms with Gasteiger partial charge in [-0.1, -0.05) is 6.58 Å². The van der Waals surface area contributed by atoms with Gasteiger partial charge in [-0.15, -0.1) is 0 Å². The summed E-state index contributed by atoms with van der Waals surface area (Å²) in [5, 5.41) is 19.6. The molecule has 0 aromatic rings. The Hall–Kier alpha value is -0.630. The Labute approximate surface area is 129 Å². The summed E-state index contributed by atoms with van der Waals surface area (Å²) in [6.45, 7) is 3.16. The quantitative estimate of drug-likeness (QED) is 0.312. The second kappa shape index (κ2) is 13.4. The number of esters is 1. The predicted molar refractivity (Wildman–Crippen MR) is 55.2 cm³/mol. The van der Waals surface area contributed by atoms with Crippen LogP contribution in [0, 0.1) is 0 Å². The number of carbonyl (C=O) groups is 3. The Bertz CT molecular complexity index is 268. The molecular weight excluding hydrogens is 258 g/mol. The Morgan fingerprint density at radius 1 is 1.41 bits per heavy atom. The molecule has 0 bridgehead atoms. The van der Waals surface area contributed by atoms with Crippen LogP contribution < -0.4 is 15.9 Å². The van der Waals surface area contributed by atoms with Crippen molar-refractivity contribution in [1.29, 1.82) is 0 Å². The molecule has 0 rings (SSSR count). The second-order valence-corrected chi connectivity index (χ2v) is 2.56. The number of hydrogen-bond donors (Lipinski definition) is 1. The Morgan fingerprint density at radius 2 is 1.88 bits per heavy atom. The number of rotatable bonds is 5. The summed E-state index contributed by atoms with van der Waals surface area (Å²) in [6.07, 6.45) is 0.611. The topological polar surface area (TPSA) is 133 Å². The van der Waals surface area contributed by atoms with Crippen LogP contribution in [-0.2, 0) is 19.1 Å². The van der Waals surface area contributed by atoms with Gasteiger partial charge in [-0.2, -0.15) is 0 Å². The third-order valence-corrected chi connectivity index (χ3v) is 1.33. The summed E-state index contributed by atoms with van der Waals surface area (Å²) in [6, 6.07) is -1.21. The SMILES string of the molecule is C=CC(=O)OC.NC(CCC(=O)[O-])C(=O)[O-].[Ca+2]. The minimum atomic E-state index is -1.44. The van der Waals surface area contributed by atoms with Crippen molar-refractivity contribution in [3.8, 4) is 0 Å². The largest absolute Gasteiger partial charge is 2.00 e. The minimum absolute atomic E-state index is 0. The maximum absolute atomic E-state index is 9.86. The first-order valence-corrected chi connectivity index (χ1v) is 4.21. The number of aliphatic carboxylic acids is 2. The van der Waals surface area contributed by atoms with E-state index < -0.39 is 23.9 Å². The average molecular weight is 271 g/mol. The van der Waals surface area contributed by atoms with Crippen LogP contribution in [0.25, 0.3) is 0 Å². The molecule has 92 valence electrons. The van der Waals surface area contributed by atoms with E-state index in [0.717, 1.165) is 6.08 Å². The first kappa shape index (κ1) is 21.6. The van der Waals surface area contributed by atoms with E-state index in [2.05, 4.69) is 11.3 Å². The normalized spacial score (nSPS) is 9.76.